The molecule has 0 aliphatic carbocycles. The van der Waals surface area contributed by atoms with Gasteiger partial charge in [0.25, 0.3) is 0 Å². The lowest BCUT2D eigenvalue weighted by Gasteiger charge is -2.25. The van der Waals surface area contributed by atoms with Crippen LogP contribution in [0.2, 0.25) is 0 Å². The average Bonchev–Trinajstić information content (AvgIpc) is 3.94. The van der Waals surface area contributed by atoms with Crippen molar-refractivity contribution in [2.24, 2.45) is 4.99 Å². The molecule has 0 saturated heterocycles. The molecule has 12 aromatic rings. The molecule has 0 amide bonds. The zero-order valence-electron chi connectivity index (χ0n) is 37.2. The van der Waals surface area contributed by atoms with Crippen LogP contribution in [0.4, 0.5) is 0 Å². The monoisotopic (exact) mass is 868 g/mol. The van der Waals surface area contributed by atoms with E-state index in [-0.39, 0.29) is 6.04 Å². The minimum absolute atomic E-state index is 0.0627. The number of nitrogens with zero attached hydrogens (tertiary/aromatic N) is 3. The third-order valence-corrected chi connectivity index (χ3v) is 13.6. The number of benzene rings is 10. The number of aromatic nitrogens is 2. The summed E-state index contributed by atoms with van der Waals surface area (Å²) in [5, 5.41) is 8.72. The van der Waals surface area contributed by atoms with Crippen LogP contribution in [0, 0.1) is 0 Å². The number of amidine groups is 1. The molecule has 2 aromatic heterocycles. The van der Waals surface area contributed by atoms with Crippen molar-refractivity contribution < 1.29 is 0 Å². The maximum atomic E-state index is 5.27. The maximum absolute atomic E-state index is 5.27. The van der Waals surface area contributed by atoms with Crippen LogP contribution in [0.5, 0.6) is 0 Å². The molecule has 68 heavy (non-hydrogen) atoms. The second kappa shape index (κ2) is 16.5. The molecule has 13 rings (SSSR count). The fourth-order valence-electron chi connectivity index (χ4n) is 10.3. The third kappa shape index (κ3) is 6.81. The zero-order chi connectivity index (χ0) is 45.0. The molecular formula is C64H44N4. The highest BCUT2D eigenvalue weighted by Crippen LogP contribution is 2.40. The Hall–Kier alpha value is -8.99. The molecule has 0 bridgehead atoms. The van der Waals surface area contributed by atoms with Gasteiger partial charge in [0.15, 0.2) is 0 Å². The van der Waals surface area contributed by atoms with Gasteiger partial charge in [0.1, 0.15) is 5.84 Å². The quantitative estimate of drug-likeness (QED) is 0.162. The van der Waals surface area contributed by atoms with Gasteiger partial charge in [-0.2, -0.15) is 0 Å². The minimum Gasteiger partial charge on any atom is -0.359 e. The van der Waals surface area contributed by atoms with Gasteiger partial charge in [0.05, 0.1) is 33.8 Å². The Morgan fingerprint density at radius 1 is 0.338 bits per heavy atom. The number of hydrogen-bond donors (Lipinski definition) is 1. The van der Waals surface area contributed by atoms with Crippen LogP contribution in [0.15, 0.2) is 260 Å². The molecule has 1 aliphatic heterocycles. The van der Waals surface area contributed by atoms with E-state index >= 15 is 0 Å². The van der Waals surface area contributed by atoms with Crippen LogP contribution in [-0.4, -0.2) is 15.0 Å². The summed E-state index contributed by atoms with van der Waals surface area (Å²) in [4.78, 5) is 5.27. The van der Waals surface area contributed by atoms with Crippen LogP contribution in [0.1, 0.15) is 22.7 Å². The van der Waals surface area contributed by atoms with Crippen molar-refractivity contribution in [3.63, 3.8) is 0 Å². The fraction of sp³-hybridized carbons (Fsp3) is 0.0156. The van der Waals surface area contributed by atoms with E-state index < -0.39 is 0 Å². The van der Waals surface area contributed by atoms with Gasteiger partial charge < -0.3 is 14.5 Å². The molecule has 0 saturated carbocycles. The van der Waals surface area contributed by atoms with Crippen LogP contribution in [0.3, 0.4) is 0 Å². The van der Waals surface area contributed by atoms with E-state index in [1.807, 2.05) is 6.07 Å². The Balaban J connectivity index is 0.883. The molecule has 1 atom stereocenters. The molecule has 1 aliphatic rings. The topological polar surface area (TPSA) is 34.2 Å². The molecule has 320 valence electrons. The summed E-state index contributed by atoms with van der Waals surface area (Å²) < 4.78 is 4.80. The van der Waals surface area contributed by atoms with Crippen LogP contribution in [-0.2, 0) is 0 Å². The molecule has 1 unspecified atom stereocenters. The Morgan fingerprint density at radius 2 is 0.853 bits per heavy atom. The van der Waals surface area contributed by atoms with E-state index in [9.17, 15) is 0 Å². The lowest BCUT2D eigenvalue weighted by Crippen LogP contribution is -2.31. The SMILES string of the molecule is C1=C(c2cccc(-c3ccc4c5ccccc5n(-c5ccc(-c6cccc7c6c6ccccc6n7-c6ccccc6)cc5)c4c3)c2)N=C(c2ccccc2)NC1c1ccc(-c2ccccc2)cc1. The summed E-state index contributed by atoms with van der Waals surface area (Å²) in [6.45, 7) is 0. The molecule has 0 spiro atoms. The Kier molecular flexibility index (Phi) is 9.54. The highest BCUT2D eigenvalue weighted by atomic mass is 15.0. The smallest absolute Gasteiger partial charge is 0.134 e. The van der Waals surface area contributed by atoms with Crippen LogP contribution in [0.25, 0.3) is 94.1 Å². The van der Waals surface area contributed by atoms with E-state index in [0.29, 0.717) is 0 Å². The predicted octanol–water partition coefficient (Wildman–Crippen LogP) is 16.0. The highest BCUT2D eigenvalue weighted by Gasteiger charge is 2.21. The standard InChI is InChI=1S/C64H44N4/c1-4-16-43(17-5-1)44-30-32-46(33-31-44)57-42-58(66-64(65-57)47-18-6-2-7-19-47)50-21-14-20-48(40-50)49-36-39-55-54-24-10-12-27-59(54)68(62(55)41-49)52-37-34-45(35-38-52)53-26-15-29-61-63(53)56-25-11-13-28-60(56)67(61)51-22-8-3-9-23-51/h1-42,57H,(H,65,66). The Morgan fingerprint density at radius 3 is 1.62 bits per heavy atom. The summed E-state index contributed by atoms with van der Waals surface area (Å²) in [6, 6.07) is 89.5. The van der Waals surface area contributed by atoms with Gasteiger partial charge in [0.2, 0.25) is 0 Å². The minimum atomic E-state index is -0.0627. The largest absolute Gasteiger partial charge is 0.359 e. The van der Waals surface area contributed by atoms with Crippen molar-refractivity contribution in [3.8, 4) is 44.8 Å². The van der Waals surface area contributed by atoms with Crippen molar-refractivity contribution in [1.82, 2.24) is 14.5 Å². The zero-order valence-corrected chi connectivity index (χ0v) is 37.2. The molecule has 0 fully saturated rings. The number of para-hydroxylation sites is 3. The first-order valence-electron chi connectivity index (χ1n) is 23.3. The molecule has 4 nitrogen and oxygen atoms in total. The first-order valence-corrected chi connectivity index (χ1v) is 23.3. The molecule has 1 N–H and O–H groups in total. The van der Waals surface area contributed by atoms with E-state index in [2.05, 4.69) is 263 Å². The lowest BCUT2D eigenvalue weighted by molar-refractivity contribution is 0.781. The molecular weight excluding hydrogens is 825 g/mol. The number of hydrogen-bond acceptors (Lipinski definition) is 2. The maximum Gasteiger partial charge on any atom is 0.134 e. The lowest BCUT2D eigenvalue weighted by atomic mass is 9.96. The van der Waals surface area contributed by atoms with Crippen molar-refractivity contribution in [3.05, 3.63) is 271 Å². The first-order chi connectivity index (χ1) is 33.7. The van der Waals surface area contributed by atoms with Crippen molar-refractivity contribution in [1.29, 1.82) is 0 Å². The first kappa shape index (κ1) is 39.4. The van der Waals surface area contributed by atoms with Crippen molar-refractivity contribution >= 4 is 55.1 Å². The Labute approximate surface area is 395 Å². The normalized spacial score (nSPS) is 13.7. The predicted molar refractivity (Wildman–Crippen MR) is 285 cm³/mol. The molecule has 0 radical (unpaired) electrons. The van der Waals surface area contributed by atoms with E-state index in [1.54, 1.807) is 0 Å². The van der Waals surface area contributed by atoms with E-state index in [0.717, 1.165) is 45.2 Å². The van der Waals surface area contributed by atoms with Crippen LogP contribution < -0.4 is 5.32 Å². The number of fused-ring (bicyclic) bond motifs is 6. The van der Waals surface area contributed by atoms with Gasteiger partial charge >= 0.3 is 0 Å². The summed E-state index contributed by atoms with van der Waals surface area (Å²) in [5.41, 5.74) is 18.4. The third-order valence-electron chi connectivity index (χ3n) is 13.6. The van der Waals surface area contributed by atoms with E-state index in [1.165, 1.54) is 71.4 Å². The molecule has 3 heterocycles. The fourth-order valence-corrected chi connectivity index (χ4v) is 10.3. The van der Waals surface area contributed by atoms with Gasteiger partial charge in [-0.3, -0.25) is 0 Å². The summed E-state index contributed by atoms with van der Waals surface area (Å²) >= 11 is 0. The summed E-state index contributed by atoms with van der Waals surface area (Å²) in [7, 11) is 0. The van der Waals surface area contributed by atoms with Crippen LogP contribution >= 0.6 is 0 Å². The number of nitrogens with one attached hydrogen (secondary N) is 1. The van der Waals surface area contributed by atoms with E-state index in [4.69, 9.17) is 4.99 Å². The second-order valence-corrected chi connectivity index (χ2v) is 17.6. The van der Waals surface area contributed by atoms with Gasteiger partial charge in [-0.05, 0) is 99.6 Å². The second-order valence-electron chi connectivity index (χ2n) is 17.6. The van der Waals surface area contributed by atoms with Gasteiger partial charge in [-0.15, -0.1) is 0 Å². The van der Waals surface area contributed by atoms with Gasteiger partial charge in [0, 0.05) is 44.0 Å². The Bertz CT molecular complexity index is 3900. The molecule has 4 heteroatoms. The van der Waals surface area contributed by atoms with Crippen molar-refractivity contribution in [2.75, 3.05) is 0 Å². The summed E-state index contributed by atoms with van der Waals surface area (Å²) in [5.74, 6) is 0.859. The summed E-state index contributed by atoms with van der Waals surface area (Å²) in [6.07, 6.45) is 2.26. The average molecular weight is 869 g/mol. The highest BCUT2D eigenvalue weighted by molar-refractivity contribution is 6.16. The van der Waals surface area contributed by atoms with Gasteiger partial charge in [-0.25, -0.2) is 4.99 Å². The van der Waals surface area contributed by atoms with Crippen molar-refractivity contribution in [2.45, 2.75) is 6.04 Å². The molecule has 10 aromatic carbocycles. The number of aliphatic imine (C=N–C) groups is 1. The number of rotatable bonds is 8. The van der Waals surface area contributed by atoms with Gasteiger partial charge in [-0.1, -0.05) is 194 Å².